The van der Waals surface area contributed by atoms with Gasteiger partial charge in [0.1, 0.15) is 0 Å². The Labute approximate surface area is 111 Å². The number of carbonyl (C=O) groups is 1. The maximum Gasteiger partial charge on any atom is 0.316 e. The zero-order valence-corrected chi connectivity index (χ0v) is 12.0. The van der Waals surface area contributed by atoms with E-state index < -0.39 is 5.41 Å². The molecule has 0 aliphatic carbocycles. The van der Waals surface area contributed by atoms with E-state index in [9.17, 15) is 4.79 Å². The molecule has 94 valence electrons. The highest BCUT2D eigenvalue weighted by molar-refractivity contribution is 9.09. The number of rotatable bonds is 6. The van der Waals surface area contributed by atoms with Gasteiger partial charge in [0, 0.05) is 5.33 Å². The first-order valence-electron chi connectivity index (χ1n) is 5.94. The van der Waals surface area contributed by atoms with Gasteiger partial charge in [0.15, 0.2) is 0 Å². The molecule has 0 heterocycles. The van der Waals surface area contributed by atoms with Crippen LogP contribution in [-0.2, 0) is 14.9 Å². The van der Waals surface area contributed by atoms with Crippen LogP contribution in [0.15, 0.2) is 30.3 Å². The number of hydrogen-bond donors (Lipinski definition) is 0. The topological polar surface area (TPSA) is 26.3 Å². The number of esters is 1. The van der Waals surface area contributed by atoms with Crippen molar-refractivity contribution in [1.82, 2.24) is 0 Å². The lowest BCUT2D eigenvalue weighted by molar-refractivity contribution is -0.149. The molecule has 1 rings (SSSR count). The van der Waals surface area contributed by atoms with Crippen molar-refractivity contribution in [3.05, 3.63) is 35.9 Å². The second-order valence-electron chi connectivity index (χ2n) is 4.21. The Hall–Kier alpha value is -0.830. The normalized spacial score (nSPS) is 14.1. The molecule has 0 bridgehead atoms. The van der Waals surface area contributed by atoms with E-state index in [4.69, 9.17) is 4.74 Å². The van der Waals surface area contributed by atoms with Gasteiger partial charge in [-0.05, 0) is 32.3 Å². The van der Waals surface area contributed by atoms with Crippen molar-refractivity contribution in [1.29, 1.82) is 0 Å². The molecule has 0 aliphatic heterocycles. The molecule has 0 unspecified atom stereocenters. The van der Waals surface area contributed by atoms with Crippen LogP contribution in [0.1, 0.15) is 32.3 Å². The summed E-state index contributed by atoms with van der Waals surface area (Å²) in [5, 5.41) is 0.898. The summed E-state index contributed by atoms with van der Waals surface area (Å²) in [6, 6.07) is 9.86. The van der Waals surface area contributed by atoms with Gasteiger partial charge in [-0.1, -0.05) is 46.3 Å². The lowest BCUT2D eigenvalue weighted by Crippen LogP contribution is -2.34. The summed E-state index contributed by atoms with van der Waals surface area (Å²) in [7, 11) is 0. The van der Waals surface area contributed by atoms with Crippen LogP contribution >= 0.6 is 15.9 Å². The second kappa shape index (κ2) is 6.80. The van der Waals surface area contributed by atoms with Gasteiger partial charge >= 0.3 is 5.97 Å². The van der Waals surface area contributed by atoms with E-state index >= 15 is 0 Å². The first-order chi connectivity index (χ1) is 8.15. The maximum atomic E-state index is 12.1. The summed E-state index contributed by atoms with van der Waals surface area (Å²) in [6.07, 6.45) is 1.74. The highest BCUT2D eigenvalue weighted by atomic mass is 79.9. The number of carbonyl (C=O) groups excluding carboxylic acids is 1. The van der Waals surface area contributed by atoms with Crippen LogP contribution < -0.4 is 0 Å². The maximum absolute atomic E-state index is 12.1. The van der Waals surface area contributed by atoms with Crippen LogP contribution in [0.5, 0.6) is 0 Å². The lowest BCUT2D eigenvalue weighted by Gasteiger charge is -2.27. The number of halogens is 1. The molecule has 0 fully saturated rings. The van der Waals surface area contributed by atoms with Gasteiger partial charge < -0.3 is 4.74 Å². The fraction of sp³-hybridized carbons (Fsp3) is 0.500. The molecular weight excluding hydrogens is 280 g/mol. The van der Waals surface area contributed by atoms with Crippen molar-refractivity contribution in [2.45, 2.75) is 32.1 Å². The van der Waals surface area contributed by atoms with Crippen LogP contribution in [0.3, 0.4) is 0 Å². The first kappa shape index (κ1) is 14.2. The van der Waals surface area contributed by atoms with Gasteiger partial charge in [-0.15, -0.1) is 0 Å². The molecule has 0 radical (unpaired) electrons. The van der Waals surface area contributed by atoms with Crippen LogP contribution in [0, 0.1) is 0 Å². The number of alkyl halides is 1. The van der Waals surface area contributed by atoms with E-state index in [0.29, 0.717) is 6.61 Å². The Bertz CT molecular complexity index is 350. The zero-order valence-electron chi connectivity index (χ0n) is 10.4. The van der Waals surface area contributed by atoms with E-state index in [2.05, 4.69) is 15.9 Å². The molecule has 1 atom stereocenters. The zero-order chi connectivity index (χ0) is 12.7. The predicted octanol–water partition coefficient (Wildman–Crippen LogP) is 3.68. The smallest absolute Gasteiger partial charge is 0.316 e. The van der Waals surface area contributed by atoms with E-state index in [1.807, 2.05) is 44.2 Å². The quantitative estimate of drug-likeness (QED) is 0.591. The van der Waals surface area contributed by atoms with Gasteiger partial charge in [0.05, 0.1) is 12.0 Å². The average Bonchev–Trinajstić information content (AvgIpc) is 2.37. The first-order valence-corrected chi connectivity index (χ1v) is 7.06. The molecule has 1 aromatic carbocycles. The van der Waals surface area contributed by atoms with Crippen molar-refractivity contribution < 1.29 is 9.53 Å². The molecule has 0 aromatic heterocycles. The van der Waals surface area contributed by atoms with Crippen molar-refractivity contribution in [3.8, 4) is 0 Å². The van der Waals surface area contributed by atoms with Gasteiger partial charge in [-0.25, -0.2) is 0 Å². The molecule has 0 amide bonds. The van der Waals surface area contributed by atoms with Crippen LogP contribution in [0.2, 0.25) is 0 Å². The lowest BCUT2D eigenvalue weighted by atomic mass is 9.79. The SMILES string of the molecule is CCOC(=O)[C@](C)(CCCBr)c1ccccc1. The fourth-order valence-corrected chi connectivity index (χ4v) is 2.16. The molecule has 0 N–H and O–H groups in total. The molecule has 0 spiro atoms. The molecule has 0 aliphatic rings. The van der Waals surface area contributed by atoms with E-state index in [1.54, 1.807) is 0 Å². The molecule has 0 saturated carbocycles. The molecular formula is C14H19BrO2. The Morgan fingerprint density at radius 1 is 1.35 bits per heavy atom. The van der Waals surface area contributed by atoms with Crippen molar-refractivity contribution in [2.24, 2.45) is 0 Å². The number of benzene rings is 1. The molecule has 0 saturated heterocycles. The summed E-state index contributed by atoms with van der Waals surface area (Å²) in [4.78, 5) is 12.1. The minimum atomic E-state index is -0.537. The van der Waals surface area contributed by atoms with E-state index in [1.165, 1.54) is 0 Å². The number of hydrogen-bond acceptors (Lipinski definition) is 2. The summed E-state index contributed by atoms with van der Waals surface area (Å²) >= 11 is 3.41. The Kier molecular flexibility index (Phi) is 5.69. The van der Waals surface area contributed by atoms with Gasteiger partial charge in [-0.3, -0.25) is 4.79 Å². The highest BCUT2D eigenvalue weighted by Gasteiger charge is 2.35. The van der Waals surface area contributed by atoms with E-state index in [-0.39, 0.29) is 5.97 Å². The predicted molar refractivity (Wildman–Crippen MR) is 73.5 cm³/mol. The average molecular weight is 299 g/mol. The van der Waals surface area contributed by atoms with Crippen molar-refractivity contribution >= 4 is 21.9 Å². The van der Waals surface area contributed by atoms with Crippen molar-refractivity contribution in [2.75, 3.05) is 11.9 Å². The molecule has 17 heavy (non-hydrogen) atoms. The third kappa shape index (κ3) is 3.56. The summed E-state index contributed by atoms with van der Waals surface area (Å²) in [5.41, 5.74) is 0.491. The Balaban J connectivity index is 2.97. The fourth-order valence-electron chi connectivity index (χ4n) is 1.88. The van der Waals surface area contributed by atoms with Crippen LogP contribution in [0.4, 0.5) is 0 Å². The third-order valence-corrected chi connectivity index (χ3v) is 3.51. The number of ether oxygens (including phenoxy) is 1. The van der Waals surface area contributed by atoms with Crippen molar-refractivity contribution in [3.63, 3.8) is 0 Å². The summed E-state index contributed by atoms with van der Waals surface area (Å²) in [5.74, 6) is -0.132. The minimum absolute atomic E-state index is 0.132. The largest absolute Gasteiger partial charge is 0.465 e. The van der Waals surface area contributed by atoms with Gasteiger partial charge in [0.25, 0.3) is 0 Å². The third-order valence-electron chi connectivity index (χ3n) is 2.95. The Morgan fingerprint density at radius 3 is 2.53 bits per heavy atom. The summed E-state index contributed by atoms with van der Waals surface area (Å²) in [6.45, 7) is 4.23. The summed E-state index contributed by atoms with van der Waals surface area (Å²) < 4.78 is 5.20. The second-order valence-corrected chi connectivity index (χ2v) is 5.00. The van der Waals surface area contributed by atoms with Gasteiger partial charge in [-0.2, -0.15) is 0 Å². The standard InChI is InChI=1S/C14H19BrO2/c1-3-17-13(16)14(2,10-7-11-15)12-8-5-4-6-9-12/h4-6,8-9H,3,7,10-11H2,1-2H3/t14-/m1/s1. The monoisotopic (exact) mass is 298 g/mol. The molecule has 2 nitrogen and oxygen atoms in total. The van der Waals surface area contributed by atoms with Gasteiger partial charge in [0.2, 0.25) is 0 Å². The molecule has 3 heteroatoms. The van der Waals surface area contributed by atoms with Crippen LogP contribution in [0.25, 0.3) is 0 Å². The minimum Gasteiger partial charge on any atom is -0.465 e. The van der Waals surface area contributed by atoms with Crippen LogP contribution in [-0.4, -0.2) is 17.9 Å². The highest BCUT2D eigenvalue weighted by Crippen LogP contribution is 2.30. The molecule has 1 aromatic rings. The Morgan fingerprint density at radius 2 is 2.00 bits per heavy atom. The van der Waals surface area contributed by atoms with E-state index in [0.717, 1.165) is 23.7 Å².